The molecule has 0 unspecified atom stereocenters. The zero-order valence-corrected chi connectivity index (χ0v) is 14.5. The maximum absolute atomic E-state index is 5.82. The molecule has 0 aliphatic rings. The maximum atomic E-state index is 5.82. The van der Waals surface area contributed by atoms with Crippen LogP contribution in [0.5, 0.6) is 5.75 Å². The highest BCUT2D eigenvalue weighted by Gasteiger charge is 1.99. The first-order valence-electron chi connectivity index (χ1n) is 8.47. The molecule has 2 aromatic rings. The van der Waals surface area contributed by atoms with E-state index in [0.717, 1.165) is 37.8 Å². The van der Waals surface area contributed by atoms with Crippen molar-refractivity contribution in [3.05, 3.63) is 42.5 Å². The molecule has 0 saturated heterocycles. The van der Waals surface area contributed by atoms with Crippen molar-refractivity contribution in [3.63, 3.8) is 0 Å². The molecule has 0 fully saturated rings. The van der Waals surface area contributed by atoms with Gasteiger partial charge in [0.15, 0.2) is 5.96 Å². The fourth-order valence-electron chi connectivity index (χ4n) is 2.33. The van der Waals surface area contributed by atoms with Crippen molar-refractivity contribution in [1.29, 1.82) is 0 Å². The second-order valence-electron chi connectivity index (χ2n) is 5.33. The van der Waals surface area contributed by atoms with E-state index in [0.29, 0.717) is 13.2 Å². The molecule has 2 rings (SSSR count). The predicted molar refractivity (Wildman–Crippen MR) is 99.9 cm³/mol. The van der Waals surface area contributed by atoms with Gasteiger partial charge < -0.3 is 20.1 Å². The summed E-state index contributed by atoms with van der Waals surface area (Å²) in [6.45, 7) is 5.63. The summed E-state index contributed by atoms with van der Waals surface area (Å²) in [5.74, 6) is 1.70. The Morgan fingerprint density at radius 1 is 1.00 bits per heavy atom. The minimum atomic E-state index is 0.668. The SMILES string of the molecule is CCOCCNC(=NC)NCCCOc1ccc2ccccc2c1. The van der Waals surface area contributed by atoms with E-state index in [9.17, 15) is 0 Å². The summed E-state index contributed by atoms with van der Waals surface area (Å²) < 4.78 is 11.1. The summed E-state index contributed by atoms with van der Waals surface area (Å²) in [5, 5.41) is 8.90. The number of aliphatic imine (C=N–C) groups is 1. The molecule has 0 amide bonds. The van der Waals surface area contributed by atoms with Crippen LogP contribution in [0, 0.1) is 0 Å². The van der Waals surface area contributed by atoms with E-state index in [1.165, 1.54) is 10.8 Å². The number of guanidine groups is 1. The molecule has 2 N–H and O–H groups in total. The van der Waals surface area contributed by atoms with Crippen molar-refractivity contribution < 1.29 is 9.47 Å². The number of nitrogens with one attached hydrogen (secondary N) is 2. The quantitative estimate of drug-likeness (QED) is 0.422. The molecular weight excluding hydrogens is 302 g/mol. The highest BCUT2D eigenvalue weighted by Crippen LogP contribution is 2.20. The third kappa shape index (κ3) is 6.08. The Balaban J connectivity index is 1.64. The Bertz CT molecular complexity index is 643. The number of benzene rings is 2. The van der Waals surface area contributed by atoms with Gasteiger partial charge in [-0.25, -0.2) is 0 Å². The van der Waals surface area contributed by atoms with Gasteiger partial charge in [-0.3, -0.25) is 4.99 Å². The summed E-state index contributed by atoms with van der Waals surface area (Å²) in [4.78, 5) is 4.17. The second-order valence-corrected chi connectivity index (χ2v) is 5.33. The maximum Gasteiger partial charge on any atom is 0.191 e. The van der Waals surface area contributed by atoms with E-state index in [2.05, 4.69) is 39.9 Å². The van der Waals surface area contributed by atoms with Crippen molar-refractivity contribution in [1.82, 2.24) is 10.6 Å². The van der Waals surface area contributed by atoms with Gasteiger partial charge in [0.2, 0.25) is 0 Å². The van der Waals surface area contributed by atoms with Gasteiger partial charge in [-0.2, -0.15) is 0 Å². The predicted octanol–water partition coefficient (Wildman–Crippen LogP) is 2.81. The van der Waals surface area contributed by atoms with Gasteiger partial charge in [0.1, 0.15) is 5.75 Å². The Kier molecular flexibility index (Phi) is 7.90. The van der Waals surface area contributed by atoms with Gasteiger partial charge in [-0.1, -0.05) is 30.3 Å². The molecular formula is C19H27N3O2. The van der Waals surface area contributed by atoms with Crippen LogP contribution in [0.4, 0.5) is 0 Å². The van der Waals surface area contributed by atoms with Gasteiger partial charge in [0, 0.05) is 26.7 Å². The van der Waals surface area contributed by atoms with E-state index in [-0.39, 0.29) is 0 Å². The Morgan fingerprint density at radius 2 is 1.79 bits per heavy atom. The molecule has 0 aromatic heterocycles. The number of rotatable bonds is 9. The minimum Gasteiger partial charge on any atom is -0.494 e. The average molecular weight is 329 g/mol. The molecule has 130 valence electrons. The molecule has 0 atom stereocenters. The standard InChI is InChI=1S/C19H27N3O2/c1-3-23-14-12-22-19(20-2)21-11-6-13-24-18-10-9-16-7-4-5-8-17(16)15-18/h4-5,7-10,15H,3,6,11-14H2,1-2H3,(H2,20,21,22). The lowest BCUT2D eigenvalue weighted by atomic mass is 10.1. The summed E-state index contributed by atoms with van der Waals surface area (Å²) >= 11 is 0. The van der Waals surface area contributed by atoms with Gasteiger partial charge >= 0.3 is 0 Å². The first kappa shape index (κ1) is 18.1. The Morgan fingerprint density at radius 3 is 2.58 bits per heavy atom. The lowest BCUT2D eigenvalue weighted by Crippen LogP contribution is -2.39. The molecule has 5 nitrogen and oxygen atoms in total. The number of hydrogen-bond acceptors (Lipinski definition) is 3. The van der Waals surface area contributed by atoms with Crippen LogP contribution in [0.15, 0.2) is 47.5 Å². The Labute approximate surface area is 144 Å². The molecule has 0 aliphatic carbocycles. The molecule has 0 radical (unpaired) electrons. The highest BCUT2D eigenvalue weighted by atomic mass is 16.5. The summed E-state index contributed by atoms with van der Waals surface area (Å²) in [6.07, 6.45) is 0.902. The Hall–Kier alpha value is -2.27. The lowest BCUT2D eigenvalue weighted by molar-refractivity contribution is 0.152. The number of hydrogen-bond donors (Lipinski definition) is 2. The third-order valence-electron chi connectivity index (χ3n) is 3.57. The first-order chi connectivity index (χ1) is 11.8. The van der Waals surface area contributed by atoms with Crippen molar-refractivity contribution in [2.24, 2.45) is 4.99 Å². The molecule has 24 heavy (non-hydrogen) atoms. The molecule has 0 saturated carbocycles. The number of nitrogens with zero attached hydrogens (tertiary/aromatic N) is 1. The van der Waals surface area contributed by atoms with Crippen molar-refractivity contribution in [2.45, 2.75) is 13.3 Å². The van der Waals surface area contributed by atoms with E-state index >= 15 is 0 Å². The van der Waals surface area contributed by atoms with Crippen molar-refractivity contribution in [3.8, 4) is 5.75 Å². The van der Waals surface area contributed by atoms with E-state index in [4.69, 9.17) is 9.47 Å². The molecule has 0 aliphatic heterocycles. The van der Waals surface area contributed by atoms with Crippen molar-refractivity contribution >= 4 is 16.7 Å². The normalized spacial score (nSPS) is 11.5. The summed E-state index contributed by atoms with van der Waals surface area (Å²) in [5.41, 5.74) is 0. The third-order valence-corrected chi connectivity index (χ3v) is 3.57. The lowest BCUT2D eigenvalue weighted by Gasteiger charge is -2.12. The van der Waals surface area contributed by atoms with Crippen LogP contribution in [0.2, 0.25) is 0 Å². The van der Waals surface area contributed by atoms with Crippen LogP contribution >= 0.6 is 0 Å². The van der Waals surface area contributed by atoms with Crippen LogP contribution in [-0.4, -0.2) is 45.9 Å². The minimum absolute atomic E-state index is 0.668. The fraction of sp³-hybridized carbons (Fsp3) is 0.421. The average Bonchev–Trinajstić information content (AvgIpc) is 2.63. The van der Waals surface area contributed by atoms with Crippen LogP contribution in [0.25, 0.3) is 10.8 Å². The zero-order valence-electron chi connectivity index (χ0n) is 14.5. The van der Waals surface area contributed by atoms with Gasteiger partial charge in [0.25, 0.3) is 0 Å². The van der Waals surface area contributed by atoms with Crippen LogP contribution in [-0.2, 0) is 4.74 Å². The largest absolute Gasteiger partial charge is 0.494 e. The van der Waals surface area contributed by atoms with Gasteiger partial charge in [0.05, 0.1) is 13.2 Å². The van der Waals surface area contributed by atoms with Gasteiger partial charge in [-0.05, 0) is 36.2 Å². The topological polar surface area (TPSA) is 54.9 Å². The summed E-state index contributed by atoms with van der Waals surface area (Å²) in [6, 6.07) is 14.5. The van der Waals surface area contributed by atoms with Crippen LogP contribution in [0.3, 0.4) is 0 Å². The molecule has 0 spiro atoms. The number of fused-ring (bicyclic) bond motifs is 1. The van der Waals surface area contributed by atoms with Crippen LogP contribution < -0.4 is 15.4 Å². The highest BCUT2D eigenvalue weighted by molar-refractivity contribution is 5.83. The first-order valence-corrected chi connectivity index (χ1v) is 8.47. The molecule has 2 aromatic carbocycles. The van der Waals surface area contributed by atoms with Gasteiger partial charge in [-0.15, -0.1) is 0 Å². The molecule has 5 heteroatoms. The zero-order chi connectivity index (χ0) is 17.0. The van der Waals surface area contributed by atoms with Crippen LogP contribution in [0.1, 0.15) is 13.3 Å². The summed E-state index contributed by atoms with van der Waals surface area (Å²) in [7, 11) is 1.77. The second kappa shape index (κ2) is 10.5. The number of ether oxygens (including phenoxy) is 2. The van der Waals surface area contributed by atoms with E-state index in [1.807, 2.05) is 25.1 Å². The van der Waals surface area contributed by atoms with Crippen molar-refractivity contribution in [2.75, 3.05) is 40.0 Å². The fourth-order valence-corrected chi connectivity index (χ4v) is 2.33. The monoisotopic (exact) mass is 329 g/mol. The van der Waals surface area contributed by atoms with E-state index < -0.39 is 0 Å². The smallest absolute Gasteiger partial charge is 0.191 e. The molecule has 0 bridgehead atoms. The molecule has 0 heterocycles. The van der Waals surface area contributed by atoms with E-state index in [1.54, 1.807) is 7.05 Å².